The number of hydrogen-bond acceptors (Lipinski definition) is 4. The van der Waals surface area contributed by atoms with E-state index in [9.17, 15) is 9.59 Å². The largest absolute Gasteiger partial charge is 0.322 e. The van der Waals surface area contributed by atoms with E-state index >= 15 is 0 Å². The summed E-state index contributed by atoms with van der Waals surface area (Å²) in [4.78, 5) is 25.5. The first kappa shape index (κ1) is 23.5. The summed E-state index contributed by atoms with van der Waals surface area (Å²) in [6.07, 6.45) is 0. The zero-order valence-electron chi connectivity index (χ0n) is 17.7. The lowest BCUT2D eigenvalue weighted by Crippen LogP contribution is -2.14. The summed E-state index contributed by atoms with van der Waals surface area (Å²) in [6, 6.07) is 28.4. The fourth-order valence-corrected chi connectivity index (χ4v) is 3.54. The third-order valence-corrected chi connectivity index (χ3v) is 5.80. The molecule has 4 aromatic rings. The molecule has 0 aromatic heterocycles. The minimum absolute atomic E-state index is 0.267. The zero-order valence-corrected chi connectivity index (χ0v) is 20.9. The van der Waals surface area contributed by atoms with Gasteiger partial charge < -0.3 is 10.6 Å². The Morgan fingerprint density at radius 3 is 1.76 bits per heavy atom. The maximum Gasteiger partial charge on any atom is 0.255 e. The molecule has 0 unspecified atom stereocenters. The van der Waals surface area contributed by atoms with Crippen LogP contribution in [0.5, 0.6) is 0 Å². The average molecular weight is 578 g/mol. The van der Waals surface area contributed by atoms with Crippen molar-refractivity contribution < 1.29 is 9.59 Å². The number of anilines is 2. The normalized spacial score (nSPS) is 10.8. The van der Waals surface area contributed by atoms with Crippen LogP contribution in [0, 0.1) is 0 Å². The fraction of sp³-hybridized carbons (Fsp3) is 0. The highest BCUT2D eigenvalue weighted by Crippen LogP contribution is 2.31. The molecule has 34 heavy (non-hydrogen) atoms. The molecule has 0 heterocycles. The zero-order chi connectivity index (χ0) is 23.9. The van der Waals surface area contributed by atoms with E-state index in [0.29, 0.717) is 33.9 Å². The fourth-order valence-electron chi connectivity index (χ4n) is 3.01. The van der Waals surface area contributed by atoms with Gasteiger partial charge in [-0.3, -0.25) is 9.59 Å². The summed E-state index contributed by atoms with van der Waals surface area (Å²) < 4.78 is 1.76. The molecule has 0 fully saturated rings. The van der Waals surface area contributed by atoms with Crippen molar-refractivity contribution in [2.24, 2.45) is 10.2 Å². The van der Waals surface area contributed by atoms with Crippen molar-refractivity contribution in [2.45, 2.75) is 0 Å². The molecule has 2 amide bonds. The summed E-state index contributed by atoms with van der Waals surface area (Å²) in [6.45, 7) is 0. The Labute approximate surface area is 213 Å². The number of halogens is 2. The van der Waals surface area contributed by atoms with Crippen LogP contribution in [0.3, 0.4) is 0 Å². The predicted molar refractivity (Wildman–Crippen MR) is 141 cm³/mol. The maximum absolute atomic E-state index is 12.8. The van der Waals surface area contributed by atoms with Gasteiger partial charge >= 0.3 is 0 Å². The Hall–Kier alpha value is -3.62. The van der Waals surface area contributed by atoms with Crippen LogP contribution in [-0.4, -0.2) is 11.8 Å². The van der Waals surface area contributed by atoms with Crippen LogP contribution in [0.4, 0.5) is 22.7 Å². The van der Waals surface area contributed by atoms with E-state index in [4.69, 9.17) is 0 Å². The molecule has 0 saturated carbocycles. The van der Waals surface area contributed by atoms with Crippen molar-refractivity contribution in [1.82, 2.24) is 0 Å². The van der Waals surface area contributed by atoms with Crippen molar-refractivity contribution in [3.63, 3.8) is 0 Å². The average Bonchev–Trinajstić information content (AvgIpc) is 2.85. The lowest BCUT2D eigenvalue weighted by Gasteiger charge is -2.11. The number of hydrogen-bond donors (Lipinski definition) is 2. The monoisotopic (exact) mass is 576 g/mol. The van der Waals surface area contributed by atoms with Crippen LogP contribution in [0.15, 0.2) is 116 Å². The van der Waals surface area contributed by atoms with Crippen molar-refractivity contribution in [3.8, 4) is 0 Å². The quantitative estimate of drug-likeness (QED) is 0.227. The standard InChI is InChI=1S/C26H18Br2N4O2/c27-19-10-6-17(7-11-19)25(33)29-22-14-15-23(32-31-21-4-2-1-3-5-21)24(16-22)30-26(34)18-8-12-20(28)13-9-18/h1-16H,(H,29,33)(H,30,34). The number of carbonyl (C=O) groups is 2. The molecule has 4 rings (SSSR count). The van der Waals surface area contributed by atoms with Gasteiger partial charge in [0.25, 0.3) is 11.8 Å². The summed E-state index contributed by atoms with van der Waals surface area (Å²) in [5, 5.41) is 14.3. The van der Waals surface area contributed by atoms with Crippen LogP contribution in [0.2, 0.25) is 0 Å². The van der Waals surface area contributed by atoms with Crippen LogP contribution >= 0.6 is 31.9 Å². The molecule has 0 atom stereocenters. The van der Waals surface area contributed by atoms with E-state index in [1.54, 1.807) is 66.7 Å². The van der Waals surface area contributed by atoms with Crippen molar-refractivity contribution in [1.29, 1.82) is 0 Å². The molecule has 4 aromatic carbocycles. The van der Waals surface area contributed by atoms with Gasteiger partial charge in [0.1, 0.15) is 5.69 Å². The molecule has 0 aliphatic carbocycles. The van der Waals surface area contributed by atoms with E-state index < -0.39 is 0 Å². The lowest BCUT2D eigenvalue weighted by molar-refractivity contribution is 0.101. The Bertz CT molecular complexity index is 1340. The van der Waals surface area contributed by atoms with E-state index in [2.05, 4.69) is 52.7 Å². The van der Waals surface area contributed by atoms with E-state index in [1.165, 1.54) is 0 Å². The van der Waals surface area contributed by atoms with Gasteiger partial charge in [-0.25, -0.2) is 0 Å². The number of benzene rings is 4. The Balaban J connectivity index is 1.62. The molecule has 0 spiro atoms. The van der Waals surface area contributed by atoms with E-state index in [-0.39, 0.29) is 11.8 Å². The van der Waals surface area contributed by atoms with Crippen LogP contribution in [0.25, 0.3) is 0 Å². The number of azo groups is 1. The lowest BCUT2D eigenvalue weighted by atomic mass is 10.1. The molecular formula is C26H18Br2N4O2. The molecule has 6 nitrogen and oxygen atoms in total. The molecule has 0 aliphatic rings. The molecular weight excluding hydrogens is 560 g/mol. The molecule has 0 aliphatic heterocycles. The first-order valence-electron chi connectivity index (χ1n) is 10.2. The molecule has 0 radical (unpaired) electrons. The first-order valence-corrected chi connectivity index (χ1v) is 11.8. The Morgan fingerprint density at radius 2 is 1.18 bits per heavy atom. The third kappa shape index (κ3) is 6.24. The van der Waals surface area contributed by atoms with Gasteiger partial charge in [-0.2, -0.15) is 5.11 Å². The second kappa shape index (κ2) is 11.0. The topological polar surface area (TPSA) is 82.9 Å². The van der Waals surface area contributed by atoms with E-state index in [1.807, 2.05) is 30.3 Å². The first-order chi connectivity index (χ1) is 16.5. The van der Waals surface area contributed by atoms with Crippen molar-refractivity contribution in [2.75, 3.05) is 10.6 Å². The summed E-state index contributed by atoms with van der Waals surface area (Å²) in [5.74, 6) is -0.573. The Kier molecular flexibility index (Phi) is 7.61. The van der Waals surface area contributed by atoms with Gasteiger partial charge in [-0.1, -0.05) is 50.1 Å². The summed E-state index contributed by atoms with van der Waals surface area (Å²) in [7, 11) is 0. The number of carbonyl (C=O) groups excluding carboxylic acids is 2. The van der Waals surface area contributed by atoms with Crippen LogP contribution in [-0.2, 0) is 0 Å². The van der Waals surface area contributed by atoms with Gasteiger partial charge in [0.05, 0.1) is 11.4 Å². The number of amides is 2. The number of nitrogens with zero attached hydrogens (tertiary/aromatic N) is 2. The maximum atomic E-state index is 12.8. The molecule has 0 bridgehead atoms. The summed E-state index contributed by atoms with van der Waals surface area (Å²) in [5.41, 5.74) is 3.06. The van der Waals surface area contributed by atoms with Gasteiger partial charge in [0.2, 0.25) is 0 Å². The van der Waals surface area contributed by atoms with Crippen molar-refractivity contribution >= 4 is 66.4 Å². The molecule has 0 saturated heterocycles. The Morgan fingerprint density at radius 1 is 0.618 bits per heavy atom. The predicted octanol–water partition coefficient (Wildman–Crippen LogP) is 8.13. The minimum Gasteiger partial charge on any atom is -0.322 e. The molecule has 2 N–H and O–H groups in total. The van der Waals surface area contributed by atoms with Gasteiger partial charge in [0.15, 0.2) is 0 Å². The summed E-state index contributed by atoms with van der Waals surface area (Å²) >= 11 is 6.73. The third-order valence-electron chi connectivity index (χ3n) is 4.74. The smallest absolute Gasteiger partial charge is 0.255 e. The second-order valence-electron chi connectivity index (χ2n) is 7.19. The van der Waals surface area contributed by atoms with Crippen molar-refractivity contribution in [3.05, 3.63) is 117 Å². The van der Waals surface area contributed by atoms with E-state index in [0.717, 1.165) is 8.95 Å². The highest BCUT2D eigenvalue weighted by Gasteiger charge is 2.12. The SMILES string of the molecule is O=C(Nc1ccc(N=Nc2ccccc2)c(NC(=O)c2ccc(Br)cc2)c1)c1ccc(Br)cc1. The molecule has 8 heteroatoms. The van der Waals surface area contributed by atoms with Crippen LogP contribution in [0.1, 0.15) is 20.7 Å². The van der Waals surface area contributed by atoms with Gasteiger partial charge in [0, 0.05) is 25.8 Å². The van der Waals surface area contributed by atoms with Gasteiger partial charge in [-0.15, -0.1) is 5.11 Å². The molecule has 168 valence electrons. The number of rotatable bonds is 6. The minimum atomic E-state index is -0.306. The second-order valence-corrected chi connectivity index (χ2v) is 9.02. The van der Waals surface area contributed by atoms with Crippen LogP contribution < -0.4 is 10.6 Å². The number of nitrogens with one attached hydrogen (secondary N) is 2. The highest BCUT2D eigenvalue weighted by atomic mass is 79.9. The highest BCUT2D eigenvalue weighted by molar-refractivity contribution is 9.10. The van der Waals surface area contributed by atoms with Gasteiger partial charge in [-0.05, 0) is 78.9 Å².